The van der Waals surface area contributed by atoms with Gasteiger partial charge in [0.15, 0.2) is 0 Å². The number of quaternary nitrogens is 4. The molecule has 0 aromatic rings. The fourth-order valence-corrected chi connectivity index (χ4v) is 2.06. The lowest BCUT2D eigenvalue weighted by molar-refractivity contribution is -0.376. The van der Waals surface area contributed by atoms with Crippen LogP contribution in [0.3, 0.4) is 0 Å². The number of aliphatic hydroxyl groups excluding tert-OH is 1. The summed E-state index contributed by atoms with van der Waals surface area (Å²) in [4.78, 5) is 66.7. The average Bonchev–Trinajstić information content (AvgIpc) is 3.13. The fraction of sp³-hybridized carbons (Fsp3) is 0.485. The van der Waals surface area contributed by atoms with Gasteiger partial charge in [0.25, 0.3) is 0 Å². The third-order valence-electron chi connectivity index (χ3n) is 4.28. The highest BCUT2D eigenvalue weighted by Gasteiger charge is 1.92. The van der Waals surface area contributed by atoms with E-state index in [0.29, 0.717) is 76.1 Å². The molecule has 24 nitrogen and oxygen atoms in total. The first-order chi connectivity index (χ1) is 26.8. The molecule has 0 amide bonds. The van der Waals surface area contributed by atoms with E-state index in [2.05, 4.69) is 29.5 Å². The van der Waals surface area contributed by atoms with Crippen molar-refractivity contribution in [3.8, 4) is 0 Å². The molecular formula is C33H60N4O20+2. The number of hydrogen-bond donors (Lipinski definition) is 10. The van der Waals surface area contributed by atoms with Gasteiger partial charge in [0.1, 0.15) is 5.76 Å². The topological polar surface area (TPSA) is 444 Å². The molecule has 0 spiro atoms. The second kappa shape index (κ2) is 54.8. The molecule has 0 aromatic heterocycles. The first kappa shape index (κ1) is 63.4. The zero-order valence-corrected chi connectivity index (χ0v) is 31.9. The number of allylic oxidation sites excluding steroid dienone is 1. The van der Waals surface area contributed by atoms with Crippen LogP contribution in [0.15, 0.2) is 60.9 Å². The number of hydrogen-bond acceptors (Lipinski definition) is 15. The van der Waals surface area contributed by atoms with Crippen LogP contribution < -0.4 is 33.1 Å². The highest BCUT2D eigenvalue weighted by Crippen LogP contribution is 1.84. The second-order valence-electron chi connectivity index (χ2n) is 9.34. The molecule has 0 saturated carbocycles. The van der Waals surface area contributed by atoms with E-state index in [1.54, 1.807) is 0 Å². The number of ether oxygens (including phenoxy) is 5. The summed E-state index contributed by atoms with van der Waals surface area (Å²) >= 11 is 0. The van der Waals surface area contributed by atoms with Gasteiger partial charge >= 0.3 is 29.8 Å². The largest absolute Gasteiger partial charge is 0.545 e. The summed E-state index contributed by atoms with van der Waals surface area (Å²) in [7, 11) is 0. The number of carboxylic acid groups (broad SMARTS) is 7. The summed E-state index contributed by atoms with van der Waals surface area (Å²) in [6, 6.07) is 0. The lowest BCUT2D eigenvalue weighted by Crippen LogP contribution is -2.52. The number of carbonyl (C=O) groups excluding carboxylic acids is 2. The number of carboxylic acids is 7. The molecule has 0 rings (SSSR count). The van der Waals surface area contributed by atoms with Gasteiger partial charge < -0.3 is 97.1 Å². The highest BCUT2D eigenvalue weighted by atomic mass is 16.5. The summed E-state index contributed by atoms with van der Waals surface area (Å²) in [5, 5.41) is 66.3. The van der Waals surface area contributed by atoms with Crippen molar-refractivity contribution in [2.75, 3.05) is 92.2 Å². The van der Waals surface area contributed by atoms with Crippen LogP contribution in [0.25, 0.3) is 0 Å². The molecule has 57 heavy (non-hydrogen) atoms. The van der Waals surface area contributed by atoms with Crippen molar-refractivity contribution in [2.24, 2.45) is 0 Å². The van der Waals surface area contributed by atoms with Crippen LogP contribution in [0, 0.1) is 0 Å². The molecule has 0 aliphatic rings. The van der Waals surface area contributed by atoms with Gasteiger partial charge in [-0.2, -0.15) is 0 Å². The van der Waals surface area contributed by atoms with Gasteiger partial charge in [-0.15, -0.1) is 0 Å². The van der Waals surface area contributed by atoms with E-state index in [-0.39, 0.29) is 5.76 Å². The molecular weight excluding hydrogens is 772 g/mol. The van der Waals surface area contributed by atoms with Crippen LogP contribution in [0.2, 0.25) is 0 Å². The predicted molar refractivity (Wildman–Crippen MR) is 191 cm³/mol. The van der Waals surface area contributed by atoms with E-state index < -0.39 is 41.8 Å². The normalized spacial score (nSPS) is 9.96. The predicted octanol–water partition coefficient (Wildman–Crippen LogP) is -7.03. The number of aliphatic hydroxyl groups is 1. The number of rotatable bonds is 27. The quantitative estimate of drug-likeness (QED) is 0.0159. The average molecular weight is 833 g/mol. The van der Waals surface area contributed by atoms with Gasteiger partial charge in [-0.1, -0.05) is 6.58 Å². The van der Waals surface area contributed by atoms with Crippen molar-refractivity contribution in [1.82, 2.24) is 0 Å². The Morgan fingerprint density at radius 1 is 0.386 bits per heavy atom. The van der Waals surface area contributed by atoms with E-state index in [1.165, 1.54) is 0 Å². The minimum Gasteiger partial charge on any atom is -0.545 e. The molecule has 0 saturated heterocycles. The van der Waals surface area contributed by atoms with Crippen LogP contribution in [-0.4, -0.2) is 165 Å². The van der Waals surface area contributed by atoms with Crippen LogP contribution in [0.1, 0.15) is 12.8 Å². The summed E-state index contributed by atoms with van der Waals surface area (Å²) in [5.41, 5.74) is 14.8. The number of carbonyl (C=O) groups is 7. The summed E-state index contributed by atoms with van der Waals surface area (Å²) in [6.45, 7) is 13.6. The second-order valence-corrected chi connectivity index (χ2v) is 9.34. The standard InChI is InChI=1S/C10H24N2O3.C6H16N2O2.C5H6O3.3C4H4O4/c11-3-1-5-13-7-9-15-10-8-14-6-2-4-12;7-1-3-9-5-6-10-4-2-8;1-4(6)2-3-5(7)8;3*5-3(6)1-2-4(7)8/h1-12H2;1-8H2;2-3,6H,1H2,(H,7,8);3*1-2H,(H,5,6)(H,7,8)/p+2/b;;3-2-;3*2-1-. The minimum absolute atomic E-state index is 0.257. The third kappa shape index (κ3) is 106. The monoisotopic (exact) mass is 832 g/mol. The van der Waals surface area contributed by atoms with Crippen LogP contribution >= 0.6 is 0 Å². The Morgan fingerprint density at radius 3 is 0.789 bits per heavy atom. The van der Waals surface area contributed by atoms with Crippen LogP contribution in [0.4, 0.5) is 0 Å². The Bertz CT molecular complexity index is 956. The van der Waals surface area contributed by atoms with Crippen molar-refractivity contribution in [2.45, 2.75) is 12.8 Å². The van der Waals surface area contributed by atoms with Crippen molar-refractivity contribution < 1.29 is 121 Å². The maximum Gasteiger partial charge on any atom is 0.328 e. The van der Waals surface area contributed by atoms with Crippen molar-refractivity contribution >= 4 is 41.8 Å². The first-order valence-corrected chi connectivity index (χ1v) is 16.6. The van der Waals surface area contributed by atoms with E-state index in [4.69, 9.17) is 54.3 Å². The molecule has 0 heterocycles. The molecule has 0 fully saturated rings. The van der Waals surface area contributed by atoms with Gasteiger partial charge in [0, 0.05) is 43.2 Å². The summed E-state index contributed by atoms with van der Waals surface area (Å²) in [6.07, 6.45) is 6.85. The van der Waals surface area contributed by atoms with Gasteiger partial charge in [0.2, 0.25) is 0 Å². The van der Waals surface area contributed by atoms with Gasteiger partial charge in [-0.05, 0) is 18.2 Å². The van der Waals surface area contributed by atoms with Crippen molar-refractivity contribution in [1.29, 1.82) is 0 Å². The van der Waals surface area contributed by atoms with Crippen molar-refractivity contribution in [3.63, 3.8) is 0 Å². The molecule has 0 atom stereocenters. The maximum absolute atomic E-state index is 9.66. The first-order valence-electron chi connectivity index (χ1n) is 16.6. The smallest absolute Gasteiger partial charge is 0.328 e. The Labute approximate surface area is 328 Å². The van der Waals surface area contributed by atoms with Gasteiger partial charge in [0.05, 0.1) is 104 Å². The lowest BCUT2D eigenvalue weighted by atomic mass is 10.4. The lowest BCUT2D eigenvalue weighted by Gasteiger charge is -2.05. The summed E-state index contributed by atoms with van der Waals surface area (Å²) < 4.78 is 26.2. The Kier molecular flexibility index (Phi) is 60.9. The third-order valence-corrected chi connectivity index (χ3v) is 4.28. The zero-order chi connectivity index (χ0) is 45.1. The van der Waals surface area contributed by atoms with Gasteiger partial charge in [-0.3, -0.25) is 0 Å². The molecule has 0 aliphatic carbocycles. The fourth-order valence-electron chi connectivity index (χ4n) is 2.06. The van der Waals surface area contributed by atoms with Crippen molar-refractivity contribution in [3.05, 3.63) is 60.9 Å². The Morgan fingerprint density at radius 2 is 0.614 bits per heavy atom. The SMILES string of the molecule is C=C(O)/C=C\C(=O)O.O=C(O)/C=C\C(=O)O.O=C([O-])/C=C\C(=O)O.O=C([O-])/C=C\C(=O)O.[NH3+]CCCOCCOCCOCCC[NH3+].[NH3+]CCOCCOCC[NH3+]. The maximum atomic E-state index is 9.66. The molecule has 330 valence electrons. The Balaban J connectivity index is -0.000000140. The molecule has 0 radical (unpaired) electrons. The molecule has 0 bridgehead atoms. The summed E-state index contributed by atoms with van der Waals surface area (Å²) in [5.74, 6) is -9.48. The van der Waals surface area contributed by atoms with Gasteiger partial charge in [-0.25, -0.2) is 24.0 Å². The molecule has 24 heteroatoms. The number of aliphatic carboxylic acids is 7. The zero-order valence-electron chi connectivity index (χ0n) is 31.9. The molecule has 18 N–H and O–H groups in total. The molecule has 0 unspecified atom stereocenters. The van der Waals surface area contributed by atoms with E-state index in [0.717, 1.165) is 77.6 Å². The van der Waals surface area contributed by atoms with E-state index >= 15 is 0 Å². The molecule has 0 aromatic carbocycles. The Hall–Kier alpha value is -5.57. The highest BCUT2D eigenvalue weighted by molar-refractivity contribution is 5.90. The minimum atomic E-state index is -1.51. The molecule has 0 aliphatic heterocycles. The van der Waals surface area contributed by atoms with Crippen LogP contribution in [0.5, 0.6) is 0 Å². The van der Waals surface area contributed by atoms with E-state index in [9.17, 15) is 43.8 Å². The van der Waals surface area contributed by atoms with E-state index in [1.807, 2.05) is 0 Å². The van der Waals surface area contributed by atoms with Crippen LogP contribution in [-0.2, 0) is 57.2 Å².